The second-order valence-electron chi connectivity index (χ2n) is 10.7. The topological polar surface area (TPSA) is 58.4 Å². The molecule has 2 aromatic carbocycles. The molecule has 1 aliphatic rings. The van der Waals surface area contributed by atoms with Gasteiger partial charge in [0.25, 0.3) is 11.5 Å². The highest BCUT2D eigenvalue weighted by atomic mass is 16.2. The Kier molecular flexibility index (Phi) is 8.59. The molecule has 0 aliphatic carbocycles. The second-order valence-corrected chi connectivity index (χ2v) is 10.7. The Morgan fingerprint density at radius 3 is 2.24 bits per heavy atom. The lowest BCUT2D eigenvalue weighted by Gasteiger charge is -2.36. The first-order valence-electron chi connectivity index (χ1n) is 13.5. The Balaban J connectivity index is 1.81. The van der Waals surface area contributed by atoms with Gasteiger partial charge in [0.05, 0.1) is 12.6 Å². The van der Waals surface area contributed by atoms with Gasteiger partial charge in [0.15, 0.2) is 0 Å². The Morgan fingerprint density at radius 1 is 0.973 bits per heavy atom. The van der Waals surface area contributed by atoms with Crippen molar-refractivity contribution >= 4 is 5.91 Å². The number of carbonyl (C=O) groups is 1. The summed E-state index contributed by atoms with van der Waals surface area (Å²) >= 11 is 0. The third kappa shape index (κ3) is 6.19. The van der Waals surface area contributed by atoms with E-state index < -0.39 is 0 Å². The number of aryl methyl sites for hydroxylation is 2. The molecule has 0 bridgehead atoms. The fraction of sp³-hybridized carbons (Fsp3) is 0.452. The monoisotopic (exact) mass is 500 g/mol. The van der Waals surface area contributed by atoms with Crippen LogP contribution in [0.5, 0.6) is 0 Å². The first kappa shape index (κ1) is 26.8. The van der Waals surface area contributed by atoms with Crippen LogP contribution in [-0.2, 0) is 6.54 Å². The molecular weight excluding hydrogens is 460 g/mol. The molecule has 196 valence electrons. The lowest BCUT2D eigenvalue weighted by molar-refractivity contribution is 0.0579. The van der Waals surface area contributed by atoms with Crippen LogP contribution in [0.3, 0.4) is 0 Å². The Morgan fingerprint density at radius 2 is 1.62 bits per heavy atom. The predicted octanol–water partition coefficient (Wildman–Crippen LogP) is 5.15. The molecule has 4 rings (SSSR count). The van der Waals surface area contributed by atoms with Gasteiger partial charge in [0.2, 0.25) is 0 Å². The molecule has 1 aliphatic heterocycles. The molecule has 6 nitrogen and oxygen atoms in total. The number of aromatic nitrogens is 2. The van der Waals surface area contributed by atoms with E-state index in [0.717, 1.165) is 36.5 Å². The van der Waals surface area contributed by atoms with E-state index in [1.54, 1.807) is 4.57 Å². The van der Waals surface area contributed by atoms with Crippen molar-refractivity contribution in [3.63, 3.8) is 0 Å². The van der Waals surface area contributed by atoms with Crippen LogP contribution in [0.15, 0.2) is 59.4 Å². The van der Waals surface area contributed by atoms with Crippen LogP contribution in [0.1, 0.15) is 71.3 Å². The van der Waals surface area contributed by atoms with Crippen molar-refractivity contribution in [1.29, 1.82) is 0 Å². The molecule has 1 atom stereocenters. The highest BCUT2D eigenvalue weighted by Crippen LogP contribution is 2.30. The third-order valence-corrected chi connectivity index (χ3v) is 7.50. The summed E-state index contributed by atoms with van der Waals surface area (Å²) in [7, 11) is 0. The van der Waals surface area contributed by atoms with Crippen molar-refractivity contribution in [2.24, 2.45) is 5.92 Å². The Bertz CT molecular complexity index is 1260. The van der Waals surface area contributed by atoms with E-state index in [-0.39, 0.29) is 23.4 Å². The lowest BCUT2D eigenvalue weighted by atomic mass is 9.98. The largest absolute Gasteiger partial charge is 0.327 e. The summed E-state index contributed by atoms with van der Waals surface area (Å²) in [6, 6.07) is 17.4. The molecule has 3 aromatic rings. The van der Waals surface area contributed by atoms with Crippen molar-refractivity contribution in [1.82, 2.24) is 19.4 Å². The number of nitrogens with zero attached hydrogens (tertiary/aromatic N) is 4. The highest BCUT2D eigenvalue weighted by Gasteiger charge is 2.33. The van der Waals surface area contributed by atoms with E-state index in [4.69, 9.17) is 4.98 Å². The smallest absolute Gasteiger partial charge is 0.257 e. The maximum Gasteiger partial charge on any atom is 0.257 e. The summed E-state index contributed by atoms with van der Waals surface area (Å²) in [5.41, 5.74) is 4.14. The van der Waals surface area contributed by atoms with Gasteiger partial charge in [-0.05, 0) is 70.3 Å². The number of rotatable bonds is 9. The van der Waals surface area contributed by atoms with E-state index in [1.807, 2.05) is 80.3 Å². The summed E-state index contributed by atoms with van der Waals surface area (Å²) in [5.74, 6) is 0.703. The number of hydrogen-bond acceptors (Lipinski definition) is 4. The molecule has 1 unspecified atom stereocenters. The molecule has 1 saturated heterocycles. The molecule has 2 heterocycles. The van der Waals surface area contributed by atoms with Gasteiger partial charge >= 0.3 is 0 Å². The first-order chi connectivity index (χ1) is 17.8. The van der Waals surface area contributed by atoms with Gasteiger partial charge in [-0.1, -0.05) is 61.9 Å². The molecule has 37 heavy (non-hydrogen) atoms. The van der Waals surface area contributed by atoms with Crippen molar-refractivity contribution < 1.29 is 4.79 Å². The number of amides is 1. The quantitative estimate of drug-likeness (QED) is 0.408. The Hall–Kier alpha value is -3.25. The van der Waals surface area contributed by atoms with Gasteiger partial charge < -0.3 is 9.80 Å². The summed E-state index contributed by atoms with van der Waals surface area (Å²) in [6.07, 6.45) is 2.41. The van der Waals surface area contributed by atoms with Gasteiger partial charge in [0, 0.05) is 29.9 Å². The molecule has 0 radical (unpaired) electrons. The molecule has 1 aromatic heterocycles. The van der Waals surface area contributed by atoms with E-state index >= 15 is 0 Å². The maximum absolute atomic E-state index is 14.1. The zero-order chi connectivity index (χ0) is 26.5. The number of likely N-dealkylation sites (tertiary alicyclic amines) is 1. The van der Waals surface area contributed by atoms with Gasteiger partial charge in [-0.25, -0.2) is 4.98 Å². The van der Waals surface area contributed by atoms with Crippen molar-refractivity contribution in [3.05, 3.63) is 98.7 Å². The minimum Gasteiger partial charge on any atom is -0.327 e. The van der Waals surface area contributed by atoms with Gasteiger partial charge in [0.1, 0.15) is 5.82 Å². The first-order valence-corrected chi connectivity index (χ1v) is 13.5. The van der Waals surface area contributed by atoms with Gasteiger partial charge in [-0.15, -0.1) is 0 Å². The van der Waals surface area contributed by atoms with Crippen LogP contribution < -0.4 is 5.56 Å². The molecule has 1 amide bonds. The average molecular weight is 501 g/mol. The number of hydrogen-bond donors (Lipinski definition) is 0. The molecule has 1 fully saturated rings. The fourth-order valence-corrected chi connectivity index (χ4v) is 5.20. The van der Waals surface area contributed by atoms with Crippen LogP contribution in [-0.4, -0.2) is 51.4 Å². The molecule has 0 N–H and O–H groups in total. The van der Waals surface area contributed by atoms with Crippen LogP contribution >= 0.6 is 0 Å². The van der Waals surface area contributed by atoms with E-state index in [1.165, 1.54) is 12.8 Å². The van der Waals surface area contributed by atoms with Crippen LogP contribution in [0.2, 0.25) is 0 Å². The number of benzene rings is 2. The van der Waals surface area contributed by atoms with Crippen LogP contribution in [0, 0.1) is 26.7 Å². The maximum atomic E-state index is 14.1. The number of carbonyl (C=O) groups excluding carboxylic acids is 1. The standard InChI is InChI=1S/C31H40N4O2/c1-22(2)28(29-32-25(5)24(4)30(36)35(29)21-26-11-7-6-8-12-26)34(20-19-33-17-9-10-18-33)31(37)27-15-13-23(3)14-16-27/h6-8,11-16,22,28H,9-10,17-21H2,1-5H3. The van der Waals surface area contributed by atoms with E-state index in [9.17, 15) is 9.59 Å². The zero-order valence-corrected chi connectivity index (χ0v) is 22.9. The van der Waals surface area contributed by atoms with Crippen molar-refractivity contribution in [3.8, 4) is 0 Å². The fourth-order valence-electron chi connectivity index (χ4n) is 5.20. The predicted molar refractivity (Wildman–Crippen MR) is 149 cm³/mol. The molecule has 6 heteroatoms. The molecular formula is C31H40N4O2. The highest BCUT2D eigenvalue weighted by molar-refractivity contribution is 5.94. The van der Waals surface area contributed by atoms with Crippen LogP contribution in [0.4, 0.5) is 0 Å². The second kappa shape index (κ2) is 11.9. The van der Waals surface area contributed by atoms with E-state index in [0.29, 0.717) is 30.0 Å². The van der Waals surface area contributed by atoms with E-state index in [2.05, 4.69) is 18.7 Å². The van der Waals surface area contributed by atoms with Gasteiger partial charge in [-0.3, -0.25) is 14.2 Å². The lowest BCUT2D eigenvalue weighted by Crippen LogP contribution is -2.45. The summed E-state index contributed by atoms with van der Waals surface area (Å²) in [4.78, 5) is 37.1. The van der Waals surface area contributed by atoms with Crippen LogP contribution in [0.25, 0.3) is 0 Å². The Labute approximate surface area is 221 Å². The van der Waals surface area contributed by atoms with Gasteiger partial charge in [-0.2, -0.15) is 0 Å². The summed E-state index contributed by atoms with van der Waals surface area (Å²) in [5, 5.41) is 0. The molecule has 0 saturated carbocycles. The van der Waals surface area contributed by atoms with Crippen molar-refractivity contribution in [2.45, 2.75) is 60.0 Å². The third-order valence-electron chi connectivity index (χ3n) is 7.50. The molecule has 0 spiro atoms. The minimum atomic E-state index is -0.341. The average Bonchev–Trinajstić information content (AvgIpc) is 3.41. The summed E-state index contributed by atoms with van der Waals surface area (Å²) < 4.78 is 1.79. The SMILES string of the molecule is Cc1ccc(C(=O)N(CCN2CCCC2)C(c2nc(C)c(C)c(=O)n2Cc2ccccc2)C(C)C)cc1. The minimum absolute atomic E-state index is 0.0170. The van der Waals surface area contributed by atoms with Crippen molar-refractivity contribution in [2.75, 3.05) is 26.2 Å². The normalized spacial score (nSPS) is 14.8. The zero-order valence-electron chi connectivity index (χ0n) is 22.9. The summed E-state index contributed by atoms with van der Waals surface area (Å²) in [6.45, 7) is 13.9.